The third-order valence-corrected chi connectivity index (χ3v) is 5.48. The number of hydrogen-bond acceptors (Lipinski definition) is 5. The molecule has 0 spiro atoms. The third-order valence-electron chi connectivity index (χ3n) is 5.23. The van der Waals surface area contributed by atoms with Gasteiger partial charge in [0.25, 0.3) is 0 Å². The fourth-order valence-corrected chi connectivity index (χ4v) is 3.65. The van der Waals surface area contributed by atoms with Crippen molar-refractivity contribution in [2.24, 2.45) is 0 Å². The van der Waals surface area contributed by atoms with Crippen LogP contribution < -0.4 is 4.74 Å². The molecule has 0 fully saturated rings. The average molecular weight is 444 g/mol. The summed E-state index contributed by atoms with van der Waals surface area (Å²) in [5, 5.41) is 5.63. The number of carbonyl (C=O) groups is 1. The molecule has 0 saturated heterocycles. The summed E-state index contributed by atoms with van der Waals surface area (Å²) in [5.74, 6) is 1.39. The molecule has 0 aliphatic heterocycles. The van der Waals surface area contributed by atoms with Crippen molar-refractivity contribution in [1.29, 1.82) is 0 Å². The van der Waals surface area contributed by atoms with Crippen LogP contribution in [0.3, 0.4) is 0 Å². The summed E-state index contributed by atoms with van der Waals surface area (Å²) in [7, 11) is 0. The van der Waals surface area contributed by atoms with Gasteiger partial charge in [-0.25, -0.2) is 0 Å². The SMILES string of the molecule is Cc1c(C(=O)c2ccccc2)oc2cc(OCc3cc(-c4ccc(Cl)cc4)no3)ccc12. The lowest BCUT2D eigenvalue weighted by atomic mass is 10.0. The van der Waals surface area contributed by atoms with E-state index in [1.54, 1.807) is 30.3 Å². The van der Waals surface area contributed by atoms with Crippen molar-refractivity contribution < 1.29 is 18.5 Å². The van der Waals surface area contributed by atoms with Gasteiger partial charge in [-0.3, -0.25) is 4.79 Å². The molecule has 0 aliphatic rings. The van der Waals surface area contributed by atoms with Crippen LogP contribution in [0.5, 0.6) is 5.75 Å². The van der Waals surface area contributed by atoms with E-state index in [1.165, 1.54) is 0 Å². The maximum Gasteiger partial charge on any atom is 0.228 e. The molecule has 0 atom stereocenters. The topological polar surface area (TPSA) is 65.5 Å². The number of halogens is 1. The van der Waals surface area contributed by atoms with Gasteiger partial charge in [0.05, 0.1) is 0 Å². The average Bonchev–Trinajstić information content (AvgIpc) is 3.43. The molecule has 2 heterocycles. The largest absolute Gasteiger partial charge is 0.485 e. The van der Waals surface area contributed by atoms with E-state index in [1.807, 2.05) is 55.5 Å². The van der Waals surface area contributed by atoms with Gasteiger partial charge in [-0.05, 0) is 31.2 Å². The van der Waals surface area contributed by atoms with E-state index in [0.717, 1.165) is 16.5 Å². The van der Waals surface area contributed by atoms with Crippen LogP contribution in [0, 0.1) is 6.92 Å². The van der Waals surface area contributed by atoms with Gasteiger partial charge >= 0.3 is 0 Å². The van der Waals surface area contributed by atoms with Crippen LogP contribution in [-0.4, -0.2) is 10.9 Å². The highest BCUT2D eigenvalue weighted by Crippen LogP contribution is 2.30. The monoisotopic (exact) mass is 443 g/mol. The van der Waals surface area contributed by atoms with E-state index < -0.39 is 0 Å². The second-order valence-corrected chi connectivity index (χ2v) is 7.82. The predicted molar refractivity (Wildman–Crippen MR) is 122 cm³/mol. The van der Waals surface area contributed by atoms with Crippen LogP contribution in [0.1, 0.15) is 27.4 Å². The highest BCUT2D eigenvalue weighted by atomic mass is 35.5. The summed E-state index contributed by atoms with van der Waals surface area (Å²) in [5.41, 5.74) is 3.61. The Balaban J connectivity index is 1.33. The predicted octanol–water partition coefficient (Wildman–Crippen LogP) is 6.86. The number of ketones is 1. The van der Waals surface area contributed by atoms with Gasteiger partial charge in [-0.15, -0.1) is 0 Å². The number of furan rings is 1. The molecule has 0 amide bonds. The maximum atomic E-state index is 12.8. The number of nitrogens with zero attached hydrogens (tertiary/aromatic N) is 1. The molecule has 0 bridgehead atoms. The Morgan fingerprint density at radius 1 is 1.00 bits per heavy atom. The molecule has 0 unspecified atom stereocenters. The van der Waals surface area contributed by atoms with Crippen LogP contribution in [0.2, 0.25) is 5.02 Å². The summed E-state index contributed by atoms with van der Waals surface area (Å²) >= 11 is 5.93. The molecular weight excluding hydrogens is 426 g/mol. The molecule has 0 radical (unpaired) electrons. The van der Waals surface area contributed by atoms with Crippen molar-refractivity contribution in [3.05, 3.63) is 107 Å². The van der Waals surface area contributed by atoms with Crippen molar-refractivity contribution >= 4 is 28.4 Å². The van der Waals surface area contributed by atoms with Gasteiger partial charge in [-0.2, -0.15) is 0 Å². The lowest BCUT2D eigenvalue weighted by Crippen LogP contribution is -2.00. The Bertz CT molecular complexity index is 1400. The number of hydrogen-bond donors (Lipinski definition) is 0. The van der Waals surface area contributed by atoms with Crippen molar-refractivity contribution in [2.45, 2.75) is 13.5 Å². The normalized spacial score (nSPS) is 11.1. The summed E-state index contributed by atoms with van der Waals surface area (Å²) in [4.78, 5) is 12.8. The Kier molecular flexibility index (Phi) is 5.25. The molecule has 3 aromatic carbocycles. The van der Waals surface area contributed by atoms with Crippen molar-refractivity contribution in [3.8, 4) is 17.0 Å². The molecule has 0 aliphatic carbocycles. The fraction of sp³-hybridized carbons (Fsp3) is 0.0769. The highest BCUT2D eigenvalue weighted by molar-refractivity contribution is 6.30. The van der Waals surface area contributed by atoms with Crippen LogP contribution in [0.4, 0.5) is 0 Å². The zero-order chi connectivity index (χ0) is 22.1. The maximum absolute atomic E-state index is 12.8. The van der Waals surface area contributed by atoms with E-state index in [4.69, 9.17) is 25.3 Å². The van der Waals surface area contributed by atoms with Crippen LogP contribution >= 0.6 is 11.6 Å². The summed E-state index contributed by atoms with van der Waals surface area (Å²) in [6.45, 7) is 2.09. The number of ether oxygens (including phenoxy) is 1. The first-order chi connectivity index (χ1) is 15.6. The van der Waals surface area contributed by atoms with E-state index >= 15 is 0 Å². The minimum absolute atomic E-state index is 0.141. The molecular formula is C26H18ClNO4. The number of benzene rings is 3. The fourth-order valence-electron chi connectivity index (χ4n) is 3.52. The van der Waals surface area contributed by atoms with Crippen LogP contribution in [-0.2, 0) is 6.61 Å². The van der Waals surface area contributed by atoms with Gasteiger partial charge in [0.2, 0.25) is 5.78 Å². The number of aromatic nitrogens is 1. The summed E-state index contributed by atoms with van der Waals surface area (Å²) < 4.78 is 17.2. The smallest absolute Gasteiger partial charge is 0.228 e. The van der Waals surface area contributed by atoms with Gasteiger partial charge in [0.15, 0.2) is 11.5 Å². The lowest BCUT2D eigenvalue weighted by molar-refractivity contribution is 0.101. The standard InChI is InChI=1S/C26H18ClNO4/c1-16-22-12-11-20(14-24(22)31-26(16)25(29)18-5-3-2-4-6-18)30-15-21-13-23(28-32-21)17-7-9-19(27)10-8-17/h2-14H,15H2,1H3. The van der Waals surface area contributed by atoms with E-state index in [-0.39, 0.29) is 12.4 Å². The van der Waals surface area contributed by atoms with E-state index in [9.17, 15) is 4.79 Å². The lowest BCUT2D eigenvalue weighted by Gasteiger charge is -2.03. The molecule has 6 heteroatoms. The molecule has 2 aromatic heterocycles. The van der Waals surface area contributed by atoms with E-state index in [0.29, 0.717) is 39.1 Å². The molecule has 5 nitrogen and oxygen atoms in total. The first kappa shape index (κ1) is 20.1. The van der Waals surface area contributed by atoms with Gasteiger partial charge in [0.1, 0.15) is 23.6 Å². The zero-order valence-electron chi connectivity index (χ0n) is 17.2. The minimum Gasteiger partial charge on any atom is -0.485 e. The second kappa shape index (κ2) is 8.36. The molecule has 0 N–H and O–H groups in total. The number of aryl methyl sites for hydroxylation is 1. The van der Waals surface area contributed by atoms with Crippen LogP contribution in [0.25, 0.3) is 22.2 Å². The number of fused-ring (bicyclic) bond motifs is 1. The molecule has 158 valence electrons. The minimum atomic E-state index is -0.141. The summed E-state index contributed by atoms with van der Waals surface area (Å²) in [6.07, 6.45) is 0. The Morgan fingerprint density at radius 2 is 1.78 bits per heavy atom. The highest BCUT2D eigenvalue weighted by Gasteiger charge is 2.19. The van der Waals surface area contributed by atoms with Crippen molar-refractivity contribution in [1.82, 2.24) is 5.16 Å². The molecule has 5 rings (SSSR count). The number of carbonyl (C=O) groups excluding carboxylic acids is 1. The zero-order valence-corrected chi connectivity index (χ0v) is 17.9. The second-order valence-electron chi connectivity index (χ2n) is 7.38. The van der Waals surface area contributed by atoms with Crippen molar-refractivity contribution in [2.75, 3.05) is 0 Å². The van der Waals surface area contributed by atoms with Gasteiger partial charge in [0, 0.05) is 39.2 Å². The Hall–Kier alpha value is -3.83. The van der Waals surface area contributed by atoms with E-state index in [2.05, 4.69) is 5.16 Å². The van der Waals surface area contributed by atoms with Gasteiger partial charge in [-0.1, -0.05) is 59.2 Å². The molecule has 32 heavy (non-hydrogen) atoms. The first-order valence-electron chi connectivity index (χ1n) is 10.1. The van der Waals surface area contributed by atoms with Gasteiger partial charge < -0.3 is 13.7 Å². The Morgan fingerprint density at radius 3 is 2.56 bits per heavy atom. The van der Waals surface area contributed by atoms with Crippen molar-refractivity contribution in [3.63, 3.8) is 0 Å². The summed E-state index contributed by atoms with van der Waals surface area (Å²) in [6, 6.07) is 23.8. The Labute approximate surface area is 189 Å². The quantitative estimate of drug-likeness (QED) is 0.268. The third kappa shape index (κ3) is 3.90. The molecule has 5 aromatic rings. The van der Waals surface area contributed by atoms with Crippen LogP contribution in [0.15, 0.2) is 87.8 Å². The molecule has 0 saturated carbocycles. The number of rotatable bonds is 6. The first-order valence-corrected chi connectivity index (χ1v) is 10.4.